The standard InChI is InChI=1S/C13H21N3O/c1-2-3-4-5-6-7-8-12-17-13-11-16-10-9-14-15-16/h9-10H,4-8,11-13H2,1H3. The Morgan fingerprint density at radius 2 is 2.06 bits per heavy atom. The van der Waals surface area contributed by atoms with E-state index in [0.29, 0.717) is 6.61 Å². The van der Waals surface area contributed by atoms with E-state index in [-0.39, 0.29) is 0 Å². The van der Waals surface area contributed by atoms with Crippen LogP contribution in [0.15, 0.2) is 12.4 Å². The van der Waals surface area contributed by atoms with E-state index in [1.807, 2.05) is 13.1 Å². The van der Waals surface area contributed by atoms with Gasteiger partial charge in [-0.15, -0.1) is 16.9 Å². The van der Waals surface area contributed by atoms with Crippen molar-refractivity contribution in [3.63, 3.8) is 0 Å². The first-order valence-corrected chi connectivity index (χ1v) is 6.25. The van der Waals surface area contributed by atoms with Crippen LogP contribution in [0.3, 0.4) is 0 Å². The van der Waals surface area contributed by atoms with Crippen LogP contribution in [0.2, 0.25) is 0 Å². The predicted octanol–water partition coefficient (Wildman–Crippen LogP) is 2.27. The van der Waals surface area contributed by atoms with Crippen LogP contribution in [0.1, 0.15) is 39.0 Å². The zero-order valence-electron chi connectivity index (χ0n) is 10.6. The third-order valence-corrected chi connectivity index (χ3v) is 2.45. The Hall–Kier alpha value is -1.34. The van der Waals surface area contributed by atoms with E-state index in [1.165, 1.54) is 19.3 Å². The molecule has 0 unspecified atom stereocenters. The molecule has 0 aliphatic rings. The summed E-state index contributed by atoms with van der Waals surface area (Å²) in [7, 11) is 0. The molecule has 0 radical (unpaired) electrons. The highest BCUT2D eigenvalue weighted by Gasteiger charge is 1.93. The fourth-order valence-electron chi connectivity index (χ4n) is 1.51. The molecule has 0 aromatic carbocycles. The summed E-state index contributed by atoms with van der Waals surface area (Å²) in [6.45, 7) is 4.23. The summed E-state index contributed by atoms with van der Waals surface area (Å²) < 4.78 is 7.30. The van der Waals surface area contributed by atoms with Crippen molar-refractivity contribution in [1.82, 2.24) is 15.0 Å². The van der Waals surface area contributed by atoms with Crippen molar-refractivity contribution in [3.8, 4) is 11.8 Å². The molecule has 0 spiro atoms. The first kappa shape index (κ1) is 13.7. The number of hydrogen-bond acceptors (Lipinski definition) is 3. The molecule has 0 fully saturated rings. The third-order valence-electron chi connectivity index (χ3n) is 2.45. The highest BCUT2D eigenvalue weighted by molar-refractivity contribution is 4.94. The van der Waals surface area contributed by atoms with Crippen LogP contribution in [-0.2, 0) is 11.3 Å². The molecule has 1 aromatic heterocycles. The van der Waals surface area contributed by atoms with Crippen LogP contribution in [0.5, 0.6) is 0 Å². The number of hydrogen-bond donors (Lipinski definition) is 0. The molecule has 0 aliphatic heterocycles. The first-order valence-electron chi connectivity index (χ1n) is 6.25. The molecular weight excluding hydrogens is 214 g/mol. The Bertz CT molecular complexity index is 324. The highest BCUT2D eigenvalue weighted by atomic mass is 16.5. The van der Waals surface area contributed by atoms with Gasteiger partial charge in [0.05, 0.1) is 19.3 Å². The van der Waals surface area contributed by atoms with Crippen LogP contribution in [0.4, 0.5) is 0 Å². The van der Waals surface area contributed by atoms with E-state index in [4.69, 9.17) is 4.74 Å². The largest absolute Gasteiger partial charge is 0.380 e. The van der Waals surface area contributed by atoms with Gasteiger partial charge in [-0.3, -0.25) is 4.68 Å². The normalized spacial score (nSPS) is 9.94. The van der Waals surface area contributed by atoms with Crippen molar-refractivity contribution in [2.45, 2.75) is 45.6 Å². The molecule has 94 valence electrons. The molecular formula is C13H21N3O. The molecule has 4 nitrogen and oxygen atoms in total. The van der Waals surface area contributed by atoms with Crippen molar-refractivity contribution in [2.75, 3.05) is 13.2 Å². The van der Waals surface area contributed by atoms with Gasteiger partial charge in [-0.1, -0.05) is 18.1 Å². The fourth-order valence-corrected chi connectivity index (χ4v) is 1.51. The van der Waals surface area contributed by atoms with Gasteiger partial charge >= 0.3 is 0 Å². The molecule has 0 N–H and O–H groups in total. The lowest BCUT2D eigenvalue weighted by Gasteiger charge is -2.03. The molecule has 0 bridgehead atoms. The molecule has 0 amide bonds. The van der Waals surface area contributed by atoms with E-state index in [0.717, 1.165) is 26.0 Å². The zero-order chi connectivity index (χ0) is 12.2. The van der Waals surface area contributed by atoms with Gasteiger partial charge in [-0.2, -0.15) is 0 Å². The summed E-state index contributed by atoms with van der Waals surface area (Å²) in [5.41, 5.74) is 0. The van der Waals surface area contributed by atoms with Gasteiger partial charge in [0.2, 0.25) is 0 Å². The van der Waals surface area contributed by atoms with E-state index in [9.17, 15) is 0 Å². The number of ether oxygens (including phenoxy) is 1. The van der Waals surface area contributed by atoms with E-state index >= 15 is 0 Å². The number of rotatable bonds is 9. The number of nitrogens with zero attached hydrogens (tertiary/aromatic N) is 3. The van der Waals surface area contributed by atoms with Crippen molar-refractivity contribution in [2.24, 2.45) is 0 Å². The first-order chi connectivity index (χ1) is 8.43. The lowest BCUT2D eigenvalue weighted by molar-refractivity contribution is 0.119. The molecule has 0 aliphatic carbocycles. The lowest BCUT2D eigenvalue weighted by Crippen LogP contribution is -2.07. The lowest BCUT2D eigenvalue weighted by atomic mass is 10.1. The smallest absolute Gasteiger partial charge is 0.0692 e. The Morgan fingerprint density at radius 3 is 2.82 bits per heavy atom. The maximum Gasteiger partial charge on any atom is 0.0692 e. The van der Waals surface area contributed by atoms with Crippen LogP contribution < -0.4 is 0 Å². The second-order valence-electron chi connectivity index (χ2n) is 3.87. The van der Waals surface area contributed by atoms with Crippen molar-refractivity contribution >= 4 is 0 Å². The average Bonchev–Trinajstić information content (AvgIpc) is 2.85. The molecule has 1 heterocycles. The predicted molar refractivity (Wildman–Crippen MR) is 67.4 cm³/mol. The van der Waals surface area contributed by atoms with Crippen molar-refractivity contribution < 1.29 is 4.74 Å². The van der Waals surface area contributed by atoms with Gasteiger partial charge < -0.3 is 4.74 Å². The quantitative estimate of drug-likeness (QED) is 0.487. The summed E-state index contributed by atoms with van der Waals surface area (Å²) in [5.74, 6) is 5.99. The van der Waals surface area contributed by atoms with E-state index in [1.54, 1.807) is 10.9 Å². The van der Waals surface area contributed by atoms with E-state index in [2.05, 4.69) is 22.2 Å². The fraction of sp³-hybridized carbons (Fsp3) is 0.692. The minimum atomic E-state index is 0.713. The van der Waals surface area contributed by atoms with Gasteiger partial charge in [-0.05, 0) is 19.8 Å². The van der Waals surface area contributed by atoms with Gasteiger partial charge in [0.1, 0.15) is 0 Å². The molecule has 0 saturated heterocycles. The third kappa shape index (κ3) is 7.53. The maximum atomic E-state index is 5.52. The highest BCUT2D eigenvalue weighted by Crippen LogP contribution is 2.02. The van der Waals surface area contributed by atoms with Gasteiger partial charge in [0, 0.05) is 19.2 Å². The monoisotopic (exact) mass is 235 g/mol. The topological polar surface area (TPSA) is 39.9 Å². The van der Waals surface area contributed by atoms with Gasteiger partial charge in [-0.25, -0.2) is 0 Å². The maximum absolute atomic E-state index is 5.52. The molecule has 0 saturated carbocycles. The molecule has 1 rings (SSSR count). The zero-order valence-corrected chi connectivity index (χ0v) is 10.6. The second-order valence-corrected chi connectivity index (χ2v) is 3.87. The Labute approximate surface area is 103 Å². The molecule has 0 atom stereocenters. The number of unbranched alkanes of at least 4 members (excludes halogenated alkanes) is 4. The molecule has 17 heavy (non-hydrogen) atoms. The Morgan fingerprint density at radius 1 is 1.18 bits per heavy atom. The van der Waals surface area contributed by atoms with E-state index < -0.39 is 0 Å². The SMILES string of the molecule is CC#CCCCCCCOCCn1ccnn1. The molecule has 4 heteroatoms. The minimum Gasteiger partial charge on any atom is -0.380 e. The van der Waals surface area contributed by atoms with Gasteiger partial charge in [0.25, 0.3) is 0 Å². The second kappa shape index (κ2) is 9.86. The van der Waals surface area contributed by atoms with Crippen LogP contribution >= 0.6 is 0 Å². The Kier molecular flexibility index (Phi) is 7.96. The van der Waals surface area contributed by atoms with Crippen molar-refractivity contribution in [1.29, 1.82) is 0 Å². The Balaban J connectivity index is 1.79. The van der Waals surface area contributed by atoms with Gasteiger partial charge in [0.15, 0.2) is 0 Å². The summed E-state index contributed by atoms with van der Waals surface area (Å²) in [6.07, 6.45) is 9.38. The summed E-state index contributed by atoms with van der Waals surface area (Å²) in [6, 6.07) is 0. The minimum absolute atomic E-state index is 0.713. The van der Waals surface area contributed by atoms with Crippen LogP contribution in [-0.4, -0.2) is 28.2 Å². The summed E-state index contributed by atoms with van der Waals surface area (Å²) >= 11 is 0. The summed E-state index contributed by atoms with van der Waals surface area (Å²) in [5, 5.41) is 7.60. The van der Waals surface area contributed by atoms with Crippen LogP contribution in [0, 0.1) is 11.8 Å². The molecule has 1 aromatic rings. The average molecular weight is 235 g/mol. The van der Waals surface area contributed by atoms with Crippen LogP contribution in [0.25, 0.3) is 0 Å². The summed E-state index contributed by atoms with van der Waals surface area (Å²) in [4.78, 5) is 0. The number of aromatic nitrogens is 3. The van der Waals surface area contributed by atoms with Crippen molar-refractivity contribution in [3.05, 3.63) is 12.4 Å².